The first-order valence-corrected chi connectivity index (χ1v) is 9.44. The third kappa shape index (κ3) is 4.45. The van der Waals surface area contributed by atoms with E-state index in [-0.39, 0.29) is 11.2 Å². The van der Waals surface area contributed by atoms with E-state index < -0.39 is 0 Å². The van der Waals surface area contributed by atoms with Crippen LogP contribution in [0.3, 0.4) is 0 Å². The van der Waals surface area contributed by atoms with Crippen molar-refractivity contribution in [1.82, 2.24) is 20.1 Å². The van der Waals surface area contributed by atoms with Crippen LogP contribution in [0.15, 0.2) is 59.8 Å². The number of amides is 1. The summed E-state index contributed by atoms with van der Waals surface area (Å²) in [6.07, 6.45) is 0. The number of thioether (sulfide) groups is 1. The lowest BCUT2D eigenvalue weighted by molar-refractivity contribution is -0.120. The van der Waals surface area contributed by atoms with E-state index in [1.807, 2.05) is 73.1 Å². The molecule has 7 heteroatoms. The van der Waals surface area contributed by atoms with Crippen molar-refractivity contribution in [1.29, 1.82) is 0 Å². The average molecular weight is 387 g/mol. The summed E-state index contributed by atoms with van der Waals surface area (Å²) in [4.78, 5) is 12.4. The third-order valence-corrected chi connectivity index (χ3v) is 5.28. The highest BCUT2D eigenvalue weighted by Gasteiger charge is 2.19. The predicted octanol–water partition coefficient (Wildman–Crippen LogP) is 3.93. The summed E-state index contributed by atoms with van der Waals surface area (Å²) in [5, 5.41) is 12.5. The maximum Gasteiger partial charge on any atom is 0.233 e. The number of benzene rings is 2. The van der Waals surface area contributed by atoms with Crippen LogP contribution >= 0.6 is 23.4 Å². The molecule has 3 rings (SSSR count). The molecule has 0 radical (unpaired) electrons. The SMILES string of the molecule is CC(Sc1nnc(-c2ccccc2)n1C)C(=O)NCc1ccc(Cl)cc1. The van der Waals surface area contributed by atoms with Crippen molar-refractivity contribution in [2.75, 3.05) is 0 Å². The fraction of sp³-hybridized carbons (Fsp3) is 0.211. The molecule has 0 aliphatic rings. The van der Waals surface area contributed by atoms with Crippen LogP contribution in [-0.2, 0) is 18.4 Å². The van der Waals surface area contributed by atoms with E-state index in [4.69, 9.17) is 11.6 Å². The number of aromatic nitrogens is 3. The Hall–Kier alpha value is -2.31. The molecule has 26 heavy (non-hydrogen) atoms. The van der Waals surface area contributed by atoms with Crippen molar-refractivity contribution in [3.05, 3.63) is 65.2 Å². The first kappa shape index (κ1) is 18.5. The molecule has 5 nitrogen and oxygen atoms in total. The molecular weight excluding hydrogens is 368 g/mol. The van der Waals surface area contributed by atoms with Crippen LogP contribution in [-0.4, -0.2) is 25.9 Å². The van der Waals surface area contributed by atoms with Gasteiger partial charge in [-0.1, -0.05) is 65.8 Å². The normalized spacial score (nSPS) is 12.0. The number of carbonyl (C=O) groups is 1. The smallest absolute Gasteiger partial charge is 0.233 e. The van der Waals surface area contributed by atoms with Gasteiger partial charge < -0.3 is 9.88 Å². The van der Waals surface area contributed by atoms with Gasteiger partial charge in [-0.3, -0.25) is 4.79 Å². The molecule has 0 fully saturated rings. The summed E-state index contributed by atoms with van der Waals surface area (Å²) in [5.41, 5.74) is 2.00. The molecule has 2 aromatic carbocycles. The molecule has 0 spiro atoms. The van der Waals surface area contributed by atoms with Crippen molar-refractivity contribution in [3.8, 4) is 11.4 Å². The van der Waals surface area contributed by atoms with Crippen LogP contribution in [0.25, 0.3) is 11.4 Å². The van der Waals surface area contributed by atoms with Crippen molar-refractivity contribution >= 4 is 29.3 Å². The van der Waals surface area contributed by atoms with Gasteiger partial charge in [0.1, 0.15) is 0 Å². The van der Waals surface area contributed by atoms with E-state index in [0.29, 0.717) is 16.7 Å². The Morgan fingerprint density at radius 2 is 1.85 bits per heavy atom. The first-order chi connectivity index (χ1) is 12.5. The Kier molecular flexibility index (Phi) is 5.96. The Bertz CT molecular complexity index is 880. The summed E-state index contributed by atoms with van der Waals surface area (Å²) < 4.78 is 1.91. The van der Waals surface area contributed by atoms with E-state index in [1.54, 1.807) is 0 Å². The molecule has 1 unspecified atom stereocenters. The Morgan fingerprint density at radius 3 is 2.54 bits per heavy atom. The molecule has 1 heterocycles. The minimum atomic E-state index is -0.283. The van der Waals surface area contributed by atoms with Gasteiger partial charge >= 0.3 is 0 Å². The van der Waals surface area contributed by atoms with Crippen LogP contribution in [0.2, 0.25) is 5.02 Å². The zero-order valence-corrected chi connectivity index (χ0v) is 16.1. The number of rotatable bonds is 6. The van der Waals surface area contributed by atoms with E-state index >= 15 is 0 Å². The van der Waals surface area contributed by atoms with Crippen molar-refractivity contribution in [2.45, 2.75) is 23.9 Å². The zero-order valence-electron chi connectivity index (χ0n) is 14.5. The van der Waals surface area contributed by atoms with E-state index in [2.05, 4.69) is 15.5 Å². The highest BCUT2D eigenvalue weighted by atomic mass is 35.5. The lowest BCUT2D eigenvalue weighted by Gasteiger charge is -2.12. The minimum absolute atomic E-state index is 0.0470. The van der Waals surface area contributed by atoms with Crippen LogP contribution in [0.5, 0.6) is 0 Å². The van der Waals surface area contributed by atoms with Gasteiger partial charge in [-0.2, -0.15) is 0 Å². The Balaban J connectivity index is 1.61. The number of hydrogen-bond acceptors (Lipinski definition) is 4. The third-order valence-electron chi connectivity index (χ3n) is 3.90. The number of nitrogens with zero attached hydrogens (tertiary/aromatic N) is 3. The van der Waals surface area contributed by atoms with Crippen molar-refractivity contribution in [3.63, 3.8) is 0 Å². The Morgan fingerprint density at radius 1 is 1.15 bits per heavy atom. The summed E-state index contributed by atoms with van der Waals surface area (Å²) in [6, 6.07) is 17.3. The fourth-order valence-electron chi connectivity index (χ4n) is 2.40. The zero-order chi connectivity index (χ0) is 18.5. The quantitative estimate of drug-likeness (QED) is 0.652. The maximum atomic E-state index is 12.4. The van der Waals surface area contributed by atoms with Gasteiger partial charge in [0.25, 0.3) is 0 Å². The molecule has 0 aliphatic heterocycles. The van der Waals surface area contributed by atoms with Crippen molar-refractivity contribution < 1.29 is 4.79 Å². The minimum Gasteiger partial charge on any atom is -0.351 e. The molecule has 1 N–H and O–H groups in total. The van der Waals surface area contributed by atoms with E-state index in [9.17, 15) is 4.79 Å². The average Bonchev–Trinajstić information content (AvgIpc) is 3.02. The maximum absolute atomic E-state index is 12.4. The van der Waals surface area contributed by atoms with Gasteiger partial charge in [0.05, 0.1) is 5.25 Å². The molecule has 1 amide bonds. The number of halogens is 1. The van der Waals surface area contributed by atoms with Crippen LogP contribution in [0.1, 0.15) is 12.5 Å². The van der Waals surface area contributed by atoms with Gasteiger partial charge in [0.2, 0.25) is 5.91 Å². The second-order valence-electron chi connectivity index (χ2n) is 5.84. The van der Waals surface area contributed by atoms with Crippen LogP contribution in [0.4, 0.5) is 0 Å². The monoisotopic (exact) mass is 386 g/mol. The van der Waals surface area contributed by atoms with Crippen LogP contribution < -0.4 is 5.32 Å². The molecule has 0 saturated carbocycles. The Labute approximate surface area is 161 Å². The summed E-state index contributed by atoms with van der Waals surface area (Å²) in [6.45, 7) is 2.33. The molecule has 0 saturated heterocycles. The second-order valence-corrected chi connectivity index (χ2v) is 7.58. The topological polar surface area (TPSA) is 59.8 Å². The fourth-order valence-corrected chi connectivity index (χ4v) is 3.37. The number of carbonyl (C=O) groups excluding carboxylic acids is 1. The number of hydrogen-bond donors (Lipinski definition) is 1. The summed E-state index contributed by atoms with van der Waals surface area (Å²) >= 11 is 7.26. The predicted molar refractivity (Wildman–Crippen MR) is 105 cm³/mol. The standard InChI is InChI=1S/C19H19ClN4OS/c1-13(18(25)21-12-14-8-10-16(20)11-9-14)26-19-23-22-17(24(19)2)15-6-4-3-5-7-15/h3-11,13H,12H2,1-2H3,(H,21,25). The van der Waals surface area contributed by atoms with E-state index in [1.165, 1.54) is 11.8 Å². The lowest BCUT2D eigenvalue weighted by Crippen LogP contribution is -2.30. The van der Waals surface area contributed by atoms with Gasteiger partial charge in [-0.05, 0) is 24.6 Å². The van der Waals surface area contributed by atoms with Gasteiger partial charge in [-0.15, -0.1) is 10.2 Å². The lowest BCUT2D eigenvalue weighted by atomic mass is 10.2. The molecule has 1 aromatic heterocycles. The highest BCUT2D eigenvalue weighted by Crippen LogP contribution is 2.25. The number of nitrogens with one attached hydrogen (secondary N) is 1. The first-order valence-electron chi connectivity index (χ1n) is 8.18. The molecule has 1 atom stereocenters. The summed E-state index contributed by atoms with van der Waals surface area (Å²) in [7, 11) is 1.91. The van der Waals surface area contributed by atoms with Gasteiger partial charge in [0, 0.05) is 24.2 Å². The van der Waals surface area contributed by atoms with E-state index in [0.717, 1.165) is 17.0 Å². The van der Waals surface area contributed by atoms with Crippen LogP contribution in [0, 0.1) is 0 Å². The molecule has 3 aromatic rings. The van der Waals surface area contributed by atoms with Crippen molar-refractivity contribution in [2.24, 2.45) is 7.05 Å². The van der Waals surface area contributed by atoms with Gasteiger partial charge in [-0.25, -0.2) is 0 Å². The molecular formula is C19H19ClN4OS. The van der Waals surface area contributed by atoms with Gasteiger partial charge in [0.15, 0.2) is 11.0 Å². The molecule has 0 aliphatic carbocycles. The molecule has 134 valence electrons. The highest BCUT2D eigenvalue weighted by molar-refractivity contribution is 8.00. The largest absolute Gasteiger partial charge is 0.351 e. The molecule has 0 bridgehead atoms. The summed E-state index contributed by atoms with van der Waals surface area (Å²) in [5.74, 6) is 0.732. The second kappa shape index (κ2) is 8.38.